The van der Waals surface area contributed by atoms with Gasteiger partial charge in [0.05, 0.1) is 12.0 Å². The van der Waals surface area contributed by atoms with Crippen molar-refractivity contribution in [3.05, 3.63) is 54.1 Å². The van der Waals surface area contributed by atoms with Gasteiger partial charge in [0.25, 0.3) is 0 Å². The quantitative estimate of drug-likeness (QED) is 0.744. The lowest BCUT2D eigenvalue weighted by molar-refractivity contribution is -0.116. The molecule has 3 rings (SSSR count). The number of nitrogens with one attached hydrogen (secondary N) is 2. The number of sulfonamides is 1. The number of methoxy groups -OCH3 is 1. The molecule has 0 aliphatic heterocycles. The monoisotopic (exact) mass is 374 g/mol. The van der Waals surface area contributed by atoms with Crippen LogP contribution >= 0.6 is 0 Å². The van der Waals surface area contributed by atoms with Crippen molar-refractivity contribution in [2.75, 3.05) is 12.4 Å². The molecule has 1 aliphatic carbocycles. The van der Waals surface area contributed by atoms with Crippen molar-refractivity contribution in [3.63, 3.8) is 0 Å². The van der Waals surface area contributed by atoms with Crippen LogP contribution in [0.4, 0.5) is 5.69 Å². The van der Waals surface area contributed by atoms with Crippen LogP contribution in [0.1, 0.15) is 24.8 Å². The first-order valence-corrected chi connectivity index (χ1v) is 10.00. The average Bonchev–Trinajstić information content (AvgIpc) is 3.44. The molecule has 1 fully saturated rings. The lowest BCUT2D eigenvalue weighted by Crippen LogP contribution is -2.25. The van der Waals surface area contributed by atoms with Gasteiger partial charge < -0.3 is 10.1 Å². The van der Waals surface area contributed by atoms with Gasteiger partial charge in [-0.15, -0.1) is 0 Å². The lowest BCUT2D eigenvalue weighted by atomic mass is 10.1. The predicted molar refractivity (Wildman–Crippen MR) is 99.7 cm³/mol. The first kappa shape index (κ1) is 18.4. The molecule has 2 N–H and O–H groups in total. The molecule has 1 aliphatic rings. The molecule has 0 bridgehead atoms. The van der Waals surface area contributed by atoms with Crippen LogP contribution in [0.25, 0.3) is 0 Å². The van der Waals surface area contributed by atoms with Crippen LogP contribution in [0.5, 0.6) is 5.75 Å². The molecule has 7 heteroatoms. The number of hydrogen-bond donors (Lipinski definition) is 2. The predicted octanol–water partition coefficient (Wildman–Crippen LogP) is 2.71. The van der Waals surface area contributed by atoms with Crippen LogP contribution in [0.15, 0.2) is 53.4 Å². The standard InChI is InChI=1S/C19H22N2O4S/c1-25-17-9-2-14(3-10-17)4-13-19(22)20-15-7-11-18(12-8-15)26(23,24)21-16-5-6-16/h2-3,7-12,16,21H,4-6,13H2,1H3,(H,20,22). The average molecular weight is 374 g/mol. The van der Waals surface area contributed by atoms with Gasteiger partial charge in [0.2, 0.25) is 15.9 Å². The van der Waals surface area contributed by atoms with Gasteiger partial charge in [-0.1, -0.05) is 12.1 Å². The van der Waals surface area contributed by atoms with Crippen LogP contribution in [-0.2, 0) is 21.2 Å². The number of carbonyl (C=O) groups excluding carboxylic acids is 1. The number of benzene rings is 2. The lowest BCUT2D eigenvalue weighted by Gasteiger charge is -2.08. The van der Waals surface area contributed by atoms with Gasteiger partial charge in [-0.2, -0.15) is 0 Å². The second-order valence-electron chi connectivity index (χ2n) is 6.32. The molecule has 0 spiro atoms. The van der Waals surface area contributed by atoms with Gasteiger partial charge in [0.1, 0.15) is 5.75 Å². The van der Waals surface area contributed by atoms with Gasteiger partial charge in [-0.05, 0) is 61.2 Å². The summed E-state index contributed by atoms with van der Waals surface area (Å²) >= 11 is 0. The fourth-order valence-electron chi connectivity index (χ4n) is 2.48. The van der Waals surface area contributed by atoms with E-state index >= 15 is 0 Å². The van der Waals surface area contributed by atoms with Crippen molar-refractivity contribution >= 4 is 21.6 Å². The number of anilines is 1. The van der Waals surface area contributed by atoms with Gasteiger partial charge >= 0.3 is 0 Å². The first-order valence-electron chi connectivity index (χ1n) is 8.51. The Hall–Kier alpha value is -2.38. The van der Waals surface area contributed by atoms with Crippen LogP contribution in [0, 0.1) is 0 Å². The Balaban J connectivity index is 1.52. The summed E-state index contributed by atoms with van der Waals surface area (Å²) in [4.78, 5) is 12.3. The molecule has 2 aromatic rings. The highest BCUT2D eigenvalue weighted by molar-refractivity contribution is 7.89. The van der Waals surface area contributed by atoms with Crippen LogP contribution in [0.3, 0.4) is 0 Å². The summed E-state index contributed by atoms with van der Waals surface area (Å²) < 4.78 is 32.0. The summed E-state index contributed by atoms with van der Waals surface area (Å²) in [6.07, 6.45) is 2.74. The van der Waals surface area contributed by atoms with Crippen LogP contribution < -0.4 is 14.8 Å². The Bertz CT molecular complexity index is 857. The molecular weight excluding hydrogens is 352 g/mol. The van der Waals surface area contributed by atoms with E-state index in [0.29, 0.717) is 18.5 Å². The maximum absolute atomic E-state index is 12.1. The molecule has 1 amide bonds. The van der Waals surface area contributed by atoms with Crippen LogP contribution in [-0.4, -0.2) is 27.5 Å². The third kappa shape index (κ3) is 5.06. The number of amides is 1. The number of rotatable bonds is 8. The highest BCUT2D eigenvalue weighted by atomic mass is 32.2. The molecule has 0 atom stereocenters. The van der Waals surface area contributed by atoms with E-state index in [4.69, 9.17) is 4.74 Å². The number of aryl methyl sites for hydroxylation is 1. The molecule has 0 aromatic heterocycles. The summed E-state index contributed by atoms with van der Waals surface area (Å²) in [7, 11) is -1.86. The Morgan fingerprint density at radius 2 is 1.73 bits per heavy atom. The Morgan fingerprint density at radius 1 is 1.08 bits per heavy atom. The molecule has 0 radical (unpaired) electrons. The summed E-state index contributed by atoms with van der Waals surface area (Å²) in [6, 6.07) is 13.9. The fourth-order valence-corrected chi connectivity index (χ4v) is 3.78. The zero-order chi connectivity index (χ0) is 18.6. The van der Waals surface area contributed by atoms with E-state index < -0.39 is 10.0 Å². The largest absolute Gasteiger partial charge is 0.497 e. The van der Waals surface area contributed by atoms with E-state index in [2.05, 4.69) is 10.0 Å². The second-order valence-corrected chi connectivity index (χ2v) is 8.03. The van der Waals surface area contributed by atoms with Crippen molar-refractivity contribution in [1.29, 1.82) is 0 Å². The molecule has 0 unspecified atom stereocenters. The number of hydrogen-bond acceptors (Lipinski definition) is 4. The Labute approximate surface area is 153 Å². The zero-order valence-electron chi connectivity index (χ0n) is 14.6. The maximum Gasteiger partial charge on any atom is 0.240 e. The van der Waals surface area contributed by atoms with Crippen LogP contribution in [0.2, 0.25) is 0 Å². The topological polar surface area (TPSA) is 84.5 Å². The summed E-state index contributed by atoms with van der Waals surface area (Å²) in [5, 5.41) is 2.79. The second kappa shape index (κ2) is 7.88. The fraction of sp³-hybridized carbons (Fsp3) is 0.316. The zero-order valence-corrected chi connectivity index (χ0v) is 15.4. The highest BCUT2D eigenvalue weighted by Gasteiger charge is 2.27. The molecule has 0 saturated heterocycles. The molecule has 2 aromatic carbocycles. The molecule has 6 nitrogen and oxygen atoms in total. The third-order valence-corrected chi connectivity index (χ3v) is 5.68. The molecular formula is C19H22N2O4S. The van der Waals surface area contributed by atoms with Gasteiger partial charge in [-0.3, -0.25) is 4.79 Å². The normalized spacial score (nSPS) is 14.0. The van der Waals surface area contributed by atoms with Gasteiger partial charge in [0.15, 0.2) is 0 Å². The van der Waals surface area contributed by atoms with E-state index in [0.717, 1.165) is 24.2 Å². The Morgan fingerprint density at radius 3 is 2.31 bits per heavy atom. The Kier molecular flexibility index (Phi) is 5.58. The maximum atomic E-state index is 12.1. The van der Waals surface area contributed by atoms with Crippen molar-refractivity contribution in [2.24, 2.45) is 0 Å². The summed E-state index contributed by atoms with van der Waals surface area (Å²) in [5.74, 6) is 0.664. The van der Waals surface area contributed by atoms with Crippen molar-refractivity contribution in [3.8, 4) is 5.75 Å². The summed E-state index contributed by atoms with van der Waals surface area (Å²) in [5.41, 5.74) is 1.63. The molecule has 138 valence electrons. The summed E-state index contributed by atoms with van der Waals surface area (Å²) in [6.45, 7) is 0. The molecule has 0 heterocycles. The van der Waals surface area contributed by atoms with Gasteiger partial charge in [-0.25, -0.2) is 13.1 Å². The van der Waals surface area contributed by atoms with E-state index in [9.17, 15) is 13.2 Å². The minimum atomic E-state index is -3.47. The number of carbonyl (C=O) groups is 1. The minimum absolute atomic E-state index is 0.0670. The highest BCUT2D eigenvalue weighted by Crippen LogP contribution is 2.23. The number of ether oxygens (including phenoxy) is 1. The van der Waals surface area contributed by atoms with E-state index in [-0.39, 0.29) is 16.8 Å². The minimum Gasteiger partial charge on any atom is -0.497 e. The van der Waals surface area contributed by atoms with Crippen molar-refractivity contribution in [1.82, 2.24) is 4.72 Å². The van der Waals surface area contributed by atoms with Gasteiger partial charge in [0, 0.05) is 18.2 Å². The van der Waals surface area contributed by atoms with E-state index in [1.54, 1.807) is 19.2 Å². The SMILES string of the molecule is COc1ccc(CCC(=O)Nc2ccc(S(=O)(=O)NC3CC3)cc2)cc1. The third-order valence-electron chi connectivity index (χ3n) is 4.15. The van der Waals surface area contributed by atoms with Crippen molar-refractivity contribution < 1.29 is 17.9 Å². The smallest absolute Gasteiger partial charge is 0.240 e. The van der Waals surface area contributed by atoms with E-state index in [1.165, 1.54) is 12.1 Å². The molecule has 26 heavy (non-hydrogen) atoms. The van der Waals surface area contributed by atoms with Crippen molar-refractivity contribution in [2.45, 2.75) is 36.6 Å². The first-order chi connectivity index (χ1) is 12.5. The molecule has 1 saturated carbocycles. The van der Waals surface area contributed by atoms with E-state index in [1.807, 2.05) is 24.3 Å².